The van der Waals surface area contributed by atoms with E-state index in [-0.39, 0.29) is 5.91 Å². The molecule has 0 unspecified atom stereocenters. The van der Waals surface area contributed by atoms with Crippen molar-refractivity contribution in [2.75, 3.05) is 39.5 Å². The van der Waals surface area contributed by atoms with Gasteiger partial charge in [0.2, 0.25) is 0 Å². The van der Waals surface area contributed by atoms with Gasteiger partial charge in [0, 0.05) is 64.0 Å². The van der Waals surface area contributed by atoms with Gasteiger partial charge in [0.15, 0.2) is 0 Å². The maximum absolute atomic E-state index is 12.3. The molecule has 0 aliphatic carbocycles. The molecule has 4 heterocycles. The quantitative estimate of drug-likeness (QED) is 0.856. The van der Waals surface area contributed by atoms with Crippen molar-refractivity contribution in [2.45, 2.75) is 25.0 Å². The highest BCUT2D eigenvalue weighted by molar-refractivity contribution is 5.92. The molecule has 1 amide bonds. The van der Waals surface area contributed by atoms with E-state index in [1.54, 1.807) is 24.0 Å². The summed E-state index contributed by atoms with van der Waals surface area (Å²) in [5, 5.41) is 7.10. The van der Waals surface area contributed by atoms with Crippen LogP contribution in [0.5, 0.6) is 0 Å². The van der Waals surface area contributed by atoms with Gasteiger partial charge >= 0.3 is 0 Å². The maximum atomic E-state index is 12.3. The highest BCUT2D eigenvalue weighted by Gasteiger charge is 2.45. The lowest BCUT2D eigenvalue weighted by molar-refractivity contribution is 0.0284. The molecule has 7 heteroatoms. The molecule has 0 radical (unpaired) electrons. The summed E-state index contributed by atoms with van der Waals surface area (Å²) in [5.41, 5.74) is 0.598. The van der Waals surface area contributed by atoms with Crippen LogP contribution in [0.25, 0.3) is 0 Å². The average molecular weight is 334 g/mol. The summed E-state index contributed by atoms with van der Waals surface area (Å²) in [4.78, 5) is 14.8. The van der Waals surface area contributed by atoms with Crippen molar-refractivity contribution in [1.82, 2.24) is 20.0 Å². The van der Waals surface area contributed by atoms with Crippen LogP contribution in [0.4, 0.5) is 0 Å². The van der Waals surface area contributed by atoms with E-state index in [9.17, 15) is 4.79 Å². The number of aromatic nitrogens is 2. The Morgan fingerprint density at radius 3 is 2.96 bits per heavy atom. The van der Waals surface area contributed by atoms with E-state index < -0.39 is 0 Å². The van der Waals surface area contributed by atoms with Crippen LogP contribution in [0, 0.1) is 11.8 Å². The van der Waals surface area contributed by atoms with Crippen LogP contribution in [0.2, 0.25) is 0 Å². The van der Waals surface area contributed by atoms with Gasteiger partial charge in [-0.1, -0.05) is 0 Å². The highest BCUT2D eigenvalue weighted by Crippen LogP contribution is 2.35. The van der Waals surface area contributed by atoms with E-state index in [0.29, 0.717) is 36.2 Å². The largest absolute Gasteiger partial charge is 0.381 e. The summed E-state index contributed by atoms with van der Waals surface area (Å²) in [5.74, 6) is 0.870. The van der Waals surface area contributed by atoms with Crippen LogP contribution in [0.15, 0.2) is 12.3 Å². The SMILES string of the molecule is Cn1nccc1C(=O)NC[C@H]1CO[C@@H]2CN(C3CCOCC3)C[C@H]12. The molecule has 4 rings (SSSR count). The van der Waals surface area contributed by atoms with Crippen molar-refractivity contribution in [1.29, 1.82) is 0 Å². The van der Waals surface area contributed by atoms with Crippen LogP contribution in [0.1, 0.15) is 23.3 Å². The fraction of sp³-hybridized carbons (Fsp3) is 0.765. The molecule has 0 aromatic carbocycles. The summed E-state index contributed by atoms with van der Waals surface area (Å²) >= 11 is 0. The molecule has 3 aliphatic heterocycles. The minimum absolute atomic E-state index is 0.0577. The number of carbonyl (C=O) groups excluding carboxylic acids is 1. The summed E-state index contributed by atoms with van der Waals surface area (Å²) in [6, 6.07) is 2.38. The zero-order valence-corrected chi connectivity index (χ0v) is 14.2. The minimum atomic E-state index is -0.0577. The Morgan fingerprint density at radius 1 is 1.38 bits per heavy atom. The first kappa shape index (κ1) is 16.1. The molecule has 24 heavy (non-hydrogen) atoms. The van der Waals surface area contributed by atoms with Crippen LogP contribution < -0.4 is 5.32 Å². The summed E-state index contributed by atoms with van der Waals surface area (Å²) in [6.45, 7) is 5.29. The monoisotopic (exact) mass is 334 g/mol. The van der Waals surface area contributed by atoms with E-state index in [1.807, 2.05) is 0 Å². The number of hydrogen-bond acceptors (Lipinski definition) is 5. The van der Waals surface area contributed by atoms with Crippen LogP contribution >= 0.6 is 0 Å². The number of aryl methyl sites for hydroxylation is 1. The molecule has 3 aliphatic rings. The first-order valence-electron chi connectivity index (χ1n) is 8.92. The van der Waals surface area contributed by atoms with Crippen molar-refractivity contribution >= 4 is 5.91 Å². The van der Waals surface area contributed by atoms with Crippen molar-refractivity contribution in [3.8, 4) is 0 Å². The maximum Gasteiger partial charge on any atom is 0.269 e. The predicted octanol–water partition coefficient (Wildman–Crippen LogP) is 0.276. The molecule has 3 fully saturated rings. The van der Waals surface area contributed by atoms with Gasteiger partial charge in [-0.25, -0.2) is 0 Å². The van der Waals surface area contributed by atoms with Crippen LogP contribution in [0.3, 0.4) is 0 Å². The third kappa shape index (κ3) is 3.08. The van der Waals surface area contributed by atoms with Gasteiger partial charge in [-0.05, 0) is 18.9 Å². The normalized spacial score (nSPS) is 31.3. The van der Waals surface area contributed by atoms with Gasteiger partial charge in [-0.2, -0.15) is 5.10 Å². The molecule has 1 N–H and O–H groups in total. The molecular formula is C17H26N4O3. The smallest absolute Gasteiger partial charge is 0.269 e. The zero-order valence-electron chi connectivity index (χ0n) is 14.2. The molecule has 7 nitrogen and oxygen atoms in total. The Balaban J connectivity index is 1.31. The van der Waals surface area contributed by atoms with E-state index in [1.165, 1.54) is 0 Å². The lowest BCUT2D eigenvalue weighted by Crippen LogP contribution is -2.40. The first-order valence-corrected chi connectivity index (χ1v) is 8.92. The molecule has 3 saturated heterocycles. The number of nitrogens with one attached hydrogen (secondary N) is 1. The van der Waals surface area contributed by atoms with Crippen molar-refractivity contribution in [3.05, 3.63) is 18.0 Å². The topological polar surface area (TPSA) is 68.6 Å². The highest BCUT2D eigenvalue weighted by atomic mass is 16.5. The average Bonchev–Trinajstić information content (AvgIpc) is 3.29. The number of amides is 1. The number of carbonyl (C=O) groups is 1. The fourth-order valence-electron chi connectivity index (χ4n) is 4.30. The van der Waals surface area contributed by atoms with Crippen molar-refractivity contribution < 1.29 is 14.3 Å². The molecule has 1 aromatic rings. The Morgan fingerprint density at radius 2 is 2.21 bits per heavy atom. The van der Waals surface area contributed by atoms with Gasteiger partial charge in [0.1, 0.15) is 5.69 Å². The summed E-state index contributed by atoms with van der Waals surface area (Å²) in [7, 11) is 1.78. The molecule has 3 atom stereocenters. The molecule has 1 aromatic heterocycles. The molecular weight excluding hydrogens is 308 g/mol. The standard InChI is InChI=1S/C17H26N4O3/c1-20-15(2-5-19-20)17(22)18-8-12-11-24-16-10-21(9-14(12)16)13-3-6-23-7-4-13/h2,5,12-14,16H,3-4,6-11H2,1H3,(H,18,22)/t12-,14+,16+/m0/s1. The van der Waals surface area contributed by atoms with Gasteiger partial charge in [0.05, 0.1) is 12.7 Å². The second-order valence-electron chi connectivity index (χ2n) is 7.14. The van der Waals surface area contributed by atoms with E-state index in [4.69, 9.17) is 9.47 Å². The second-order valence-corrected chi connectivity index (χ2v) is 7.14. The van der Waals surface area contributed by atoms with Crippen molar-refractivity contribution in [2.24, 2.45) is 18.9 Å². The van der Waals surface area contributed by atoms with Gasteiger partial charge in [-0.15, -0.1) is 0 Å². The van der Waals surface area contributed by atoms with Crippen LogP contribution in [-0.4, -0.2) is 72.2 Å². The third-order valence-electron chi connectivity index (χ3n) is 5.75. The first-order chi connectivity index (χ1) is 11.7. The fourth-order valence-corrected chi connectivity index (χ4v) is 4.30. The van der Waals surface area contributed by atoms with Gasteiger partial charge in [0.25, 0.3) is 5.91 Å². The Bertz CT molecular complexity index is 584. The van der Waals surface area contributed by atoms with E-state index in [2.05, 4.69) is 15.3 Å². The zero-order chi connectivity index (χ0) is 16.5. The lowest BCUT2D eigenvalue weighted by Gasteiger charge is -2.31. The summed E-state index contributed by atoms with van der Waals surface area (Å²) in [6.07, 6.45) is 4.22. The summed E-state index contributed by atoms with van der Waals surface area (Å²) < 4.78 is 13.1. The number of nitrogens with zero attached hydrogens (tertiary/aromatic N) is 3. The van der Waals surface area contributed by atoms with Gasteiger partial charge < -0.3 is 14.8 Å². The molecule has 0 saturated carbocycles. The lowest BCUT2D eigenvalue weighted by atomic mass is 9.93. The molecule has 132 valence electrons. The number of hydrogen-bond donors (Lipinski definition) is 1. The van der Waals surface area contributed by atoms with E-state index in [0.717, 1.165) is 45.8 Å². The Hall–Kier alpha value is -1.44. The van der Waals surface area contributed by atoms with Crippen molar-refractivity contribution in [3.63, 3.8) is 0 Å². The molecule has 0 bridgehead atoms. The number of fused-ring (bicyclic) bond motifs is 1. The Labute approximate surface area is 142 Å². The Kier molecular flexibility index (Phi) is 4.56. The van der Waals surface area contributed by atoms with E-state index >= 15 is 0 Å². The van der Waals surface area contributed by atoms with Crippen LogP contribution in [-0.2, 0) is 16.5 Å². The minimum Gasteiger partial charge on any atom is -0.381 e. The number of rotatable bonds is 4. The second kappa shape index (κ2) is 6.82. The predicted molar refractivity (Wildman–Crippen MR) is 87.7 cm³/mol. The molecule has 0 spiro atoms. The third-order valence-corrected chi connectivity index (χ3v) is 5.75. The van der Waals surface area contributed by atoms with Gasteiger partial charge in [-0.3, -0.25) is 14.4 Å². The number of likely N-dealkylation sites (tertiary alicyclic amines) is 1. The number of ether oxygens (including phenoxy) is 2.